The molecule has 0 atom stereocenters. The SMILES string of the molecule is O=C(O)Cc1cc2c(cc1C(=O)c1ccc([N+](=O)[O-])cc1)OCO2. The molecule has 3 rings (SSSR count). The first-order valence-electron chi connectivity index (χ1n) is 6.89. The lowest BCUT2D eigenvalue weighted by molar-refractivity contribution is -0.384. The number of carbonyl (C=O) groups is 2. The second-order valence-corrected chi connectivity index (χ2v) is 5.07. The molecule has 0 saturated carbocycles. The molecule has 0 spiro atoms. The Morgan fingerprint density at radius 3 is 2.33 bits per heavy atom. The molecule has 8 heteroatoms. The van der Waals surface area contributed by atoms with Crippen LogP contribution in [0.15, 0.2) is 36.4 Å². The number of rotatable bonds is 5. The van der Waals surface area contributed by atoms with Gasteiger partial charge < -0.3 is 14.6 Å². The number of non-ortho nitro benzene ring substituents is 1. The third-order valence-electron chi connectivity index (χ3n) is 3.53. The van der Waals surface area contributed by atoms with Gasteiger partial charge in [0.05, 0.1) is 11.3 Å². The van der Waals surface area contributed by atoms with E-state index in [1.807, 2.05) is 0 Å². The number of carboxylic acids is 1. The summed E-state index contributed by atoms with van der Waals surface area (Å²) in [6.07, 6.45) is -0.356. The van der Waals surface area contributed by atoms with E-state index in [0.717, 1.165) is 0 Å². The summed E-state index contributed by atoms with van der Waals surface area (Å²) in [6, 6.07) is 8.00. The van der Waals surface area contributed by atoms with Gasteiger partial charge in [-0.1, -0.05) is 0 Å². The normalized spacial score (nSPS) is 12.0. The van der Waals surface area contributed by atoms with Crippen molar-refractivity contribution in [2.24, 2.45) is 0 Å². The summed E-state index contributed by atoms with van der Waals surface area (Å²) in [5.41, 5.74) is 0.528. The van der Waals surface area contributed by atoms with Crippen molar-refractivity contribution in [1.82, 2.24) is 0 Å². The van der Waals surface area contributed by atoms with Crippen molar-refractivity contribution in [3.8, 4) is 11.5 Å². The van der Waals surface area contributed by atoms with Crippen LogP contribution in [0.1, 0.15) is 21.5 Å². The number of nitro groups is 1. The molecule has 0 radical (unpaired) electrons. The molecular weight excluding hydrogens is 318 g/mol. The third-order valence-corrected chi connectivity index (χ3v) is 3.53. The maximum atomic E-state index is 12.7. The number of nitro benzene ring substituents is 1. The monoisotopic (exact) mass is 329 g/mol. The molecule has 1 aliphatic rings. The summed E-state index contributed by atoms with van der Waals surface area (Å²) in [7, 11) is 0. The fraction of sp³-hybridized carbons (Fsp3) is 0.125. The highest BCUT2D eigenvalue weighted by molar-refractivity contribution is 6.10. The van der Waals surface area contributed by atoms with Crippen molar-refractivity contribution in [2.45, 2.75) is 6.42 Å². The Morgan fingerprint density at radius 2 is 1.75 bits per heavy atom. The van der Waals surface area contributed by atoms with Crippen LogP contribution in [0.4, 0.5) is 5.69 Å². The number of fused-ring (bicyclic) bond motifs is 1. The lowest BCUT2D eigenvalue weighted by Gasteiger charge is -2.09. The van der Waals surface area contributed by atoms with Crippen LogP contribution in [0.2, 0.25) is 0 Å². The minimum atomic E-state index is -1.09. The first-order valence-corrected chi connectivity index (χ1v) is 6.89. The molecule has 0 amide bonds. The first-order chi connectivity index (χ1) is 11.5. The van der Waals surface area contributed by atoms with Gasteiger partial charge in [-0.3, -0.25) is 19.7 Å². The van der Waals surface area contributed by atoms with E-state index in [9.17, 15) is 19.7 Å². The highest BCUT2D eigenvalue weighted by atomic mass is 16.7. The zero-order valence-corrected chi connectivity index (χ0v) is 12.2. The van der Waals surface area contributed by atoms with Gasteiger partial charge in [0.1, 0.15) is 0 Å². The molecule has 8 nitrogen and oxygen atoms in total. The number of nitrogens with zero attached hydrogens (tertiary/aromatic N) is 1. The summed E-state index contributed by atoms with van der Waals surface area (Å²) < 4.78 is 10.4. The van der Waals surface area contributed by atoms with Crippen molar-refractivity contribution in [3.05, 3.63) is 63.2 Å². The molecule has 2 aromatic carbocycles. The van der Waals surface area contributed by atoms with Crippen LogP contribution >= 0.6 is 0 Å². The number of carboxylic acid groups (broad SMARTS) is 1. The van der Waals surface area contributed by atoms with E-state index >= 15 is 0 Å². The molecule has 0 unspecified atom stereocenters. The summed E-state index contributed by atoms with van der Waals surface area (Å²) in [4.78, 5) is 33.8. The van der Waals surface area contributed by atoms with Gasteiger partial charge in [-0.25, -0.2) is 0 Å². The van der Waals surface area contributed by atoms with Crippen LogP contribution < -0.4 is 9.47 Å². The van der Waals surface area contributed by atoms with Gasteiger partial charge in [0, 0.05) is 23.3 Å². The lowest BCUT2D eigenvalue weighted by atomic mass is 9.95. The van der Waals surface area contributed by atoms with Crippen LogP contribution in [-0.4, -0.2) is 28.6 Å². The third kappa shape index (κ3) is 2.89. The fourth-order valence-electron chi connectivity index (χ4n) is 2.39. The standard InChI is InChI=1S/C16H11NO7/c18-15(19)6-10-5-13-14(24-8-23-13)7-12(10)16(20)9-1-3-11(4-2-9)17(21)22/h1-5,7H,6,8H2,(H,18,19). The van der Waals surface area contributed by atoms with E-state index in [2.05, 4.69) is 0 Å². The Balaban J connectivity index is 2.01. The molecule has 1 aliphatic heterocycles. The van der Waals surface area contributed by atoms with E-state index in [1.54, 1.807) is 0 Å². The summed E-state index contributed by atoms with van der Waals surface area (Å²) in [5.74, 6) is -0.799. The van der Waals surface area contributed by atoms with Crippen molar-refractivity contribution >= 4 is 17.4 Å². The summed E-state index contributed by atoms with van der Waals surface area (Å²) in [6.45, 7) is -0.00296. The molecule has 1 N–H and O–H groups in total. The second-order valence-electron chi connectivity index (χ2n) is 5.07. The smallest absolute Gasteiger partial charge is 0.307 e. The number of carbonyl (C=O) groups excluding carboxylic acids is 1. The van der Waals surface area contributed by atoms with Crippen molar-refractivity contribution in [3.63, 3.8) is 0 Å². The van der Waals surface area contributed by atoms with Crippen LogP contribution in [0.5, 0.6) is 11.5 Å². The zero-order valence-electron chi connectivity index (χ0n) is 12.2. The average Bonchev–Trinajstić information content (AvgIpc) is 3.00. The zero-order chi connectivity index (χ0) is 17.3. The van der Waals surface area contributed by atoms with Crippen molar-refractivity contribution in [2.75, 3.05) is 6.79 Å². The largest absolute Gasteiger partial charge is 0.481 e. The van der Waals surface area contributed by atoms with Gasteiger partial charge in [-0.15, -0.1) is 0 Å². The number of aliphatic carboxylic acids is 1. The lowest BCUT2D eigenvalue weighted by Crippen LogP contribution is -2.09. The Hall–Kier alpha value is -3.42. The Kier molecular flexibility index (Phi) is 3.87. The van der Waals surface area contributed by atoms with Crippen LogP contribution in [0.3, 0.4) is 0 Å². The van der Waals surface area contributed by atoms with Gasteiger partial charge in [0.15, 0.2) is 17.3 Å². The molecule has 24 heavy (non-hydrogen) atoms. The molecule has 1 heterocycles. The number of hydrogen-bond acceptors (Lipinski definition) is 6. The predicted molar refractivity (Wildman–Crippen MR) is 80.4 cm³/mol. The van der Waals surface area contributed by atoms with Crippen molar-refractivity contribution in [1.29, 1.82) is 0 Å². The van der Waals surface area contributed by atoms with E-state index in [4.69, 9.17) is 14.6 Å². The van der Waals surface area contributed by atoms with Crippen molar-refractivity contribution < 1.29 is 29.1 Å². The highest BCUT2D eigenvalue weighted by Gasteiger charge is 2.23. The predicted octanol–water partition coefficient (Wildman–Crippen LogP) is 2.18. The minimum Gasteiger partial charge on any atom is -0.481 e. The number of ketones is 1. The number of hydrogen-bond donors (Lipinski definition) is 1. The summed E-state index contributed by atoms with van der Waals surface area (Å²) >= 11 is 0. The first kappa shape index (κ1) is 15.5. The molecule has 0 saturated heterocycles. The molecule has 0 aromatic heterocycles. The quantitative estimate of drug-likeness (QED) is 0.507. The van der Waals surface area contributed by atoms with Gasteiger partial charge in [0.25, 0.3) is 5.69 Å². The van der Waals surface area contributed by atoms with E-state index in [1.165, 1.54) is 36.4 Å². The molecule has 122 valence electrons. The number of benzene rings is 2. The molecule has 2 aromatic rings. The number of ether oxygens (including phenoxy) is 2. The Bertz CT molecular complexity index is 842. The average molecular weight is 329 g/mol. The second kappa shape index (κ2) is 5.99. The molecule has 0 aliphatic carbocycles. The summed E-state index contributed by atoms with van der Waals surface area (Å²) in [5, 5.41) is 19.7. The van der Waals surface area contributed by atoms with Crippen LogP contribution in [0.25, 0.3) is 0 Å². The molecule has 0 fully saturated rings. The van der Waals surface area contributed by atoms with Gasteiger partial charge in [-0.2, -0.15) is 0 Å². The van der Waals surface area contributed by atoms with Gasteiger partial charge in [0.2, 0.25) is 6.79 Å². The maximum Gasteiger partial charge on any atom is 0.307 e. The van der Waals surface area contributed by atoms with Crippen LogP contribution in [0, 0.1) is 10.1 Å². The molecular formula is C16H11NO7. The highest BCUT2D eigenvalue weighted by Crippen LogP contribution is 2.36. The van der Waals surface area contributed by atoms with E-state index < -0.39 is 16.7 Å². The van der Waals surface area contributed by atoms with E-state index in [-0.39, 0.29) is 35.6 Å². The van der Waals surface area contributed by atoms with Crippen LogP contribution in [-0.2, 0) is 11.2 Å². The minimum absolute atomic E-state index is 0.00296. The molecule has 0 bridgehead atoms. The van der Waals surface area contributed by atoms with E-state index in [0.29, 0.717) is 11.5 Å². The van der Waals surface area contributed by atoms with Gasteiger partial charge >= 0.3 is 5.97 Å². The maximum absolute atomic E-state index is 12.7. The fourth-order valence-corrected chi connectivity index (χ4v) is 2.39. The van der Waals surface area contributed by atoms with Gasteiger partial charge in [-0.05, 0) is 29.8 Å². The Labute approximate surface area is 135 Å². The Morgan fingerprint density at radius 1 is 1.12 bits per heavy atom. The topological polar surface area (TPSA) is 116 Å².